The predicted octanol–water partition coefficient (Wildman–Crippen LogP) is 3.12. The van der Waals surface area contributed by atoms with Gasteiger partial charge in [-0.2, -0.15) is 0 Å². The summed E-state index contributed by atoms with van der Waals surface area (Å²) in [6, 6.07) is 3.38. The Kier molecular flexibility index (Phi) is 3.50. The lowest BCUT2D eigenvalue weighted by atomic mass is 10.1. The molecule has 2 heterocycles. The third-order valence-corrected chi connectivity index (χ3v) is 4.23. The molecule has 6 heteroatoms. The fourth-order valence-corrected chi connectivity index (χ4v) is 3.00. The van der Waals surface area contributed by atoms with Crippen LogP contribution in [0.4, 0.5) is 5.69 Å². The molecule has 0 radical (unpaired) electrons. The minimum absolute atomic E-state index is 0.281. The van der Waals surface area contributed by atoms with Crippen LogP contribution in [-0.2, 0) is 20.1 Å². The van der Waals surface area contributed by atoms with Crippen molar-refractivity contribution in [3.63, 3.8) is 0 Å². The highest BCUT2D eigenvalue weighted by molar-refractivity contribution is 6.44. The molecule has 1 fully saturated rings. The summed E-state index contributed by atoms with van der Waals surface area (Å²) in [7, 11) is 0. The molecule has 2 aliphatic heterocycles. The summed E-state index contributed by atoms with van der Waals surface area (Å²) in [6.45, 7) is 4.92. The number of benzene rings is 1. The third kappa shape index (κ3) is 1.79. The first-order valence-electron chi connectivity index (χ1n) is 6.31. The van der Waals surface area contributed by atoms with Gasteiger partial charge in [-0.15, -0.1) is 6.58 Å². The summed E-state index contributed by atoms with van der Waals surface area (Å²) in [5.74, 6) is -1.67. The Bertz CT molecular complexity index is 582. The van der Waals surface area contributed by atoms with Crippen molar-refractivity contribution < 1.29 is 14.3 Å². The molecular weight excluding hydrogens is 301 g/mol. The summed E-state index contributed by atoms with van der Waals surface area (Å²) >= 11 is 12.3. The average Bonchev–Trinajstić information content (AvgIpc) is 2.68. The van der Waals surface area contributed by atoms with Gasteiger partial charge in [0.15, 0.2) is 0 Å². The van der Waals surface area contributed by atoms with Crippen molar-refractivity contribution in [3.05, 3.63) is 40.4 Å². The number of halogens is 2. The van der Waals surface area contributed by atoms with E-state index in [1.165, 1.54) is 4.90 Å². The molecule has 2 aliphatic rings. The van der Waals surface area contributed by atoms with Crippen molar-refractivity contribution >= 4 is 34.8 Å². The van der Waals surface area contributed by atoms with Gasteiger partial charge < -0.3 is 14.4 Å². The highest BCUT2D eigenvalue weighted by Crippen LogP contribution is 2.49. The molecule has 106 valence electrons. The van der Waals surface area contributed by atoms with E-state index in [0.29, 0.717) is 41.1 Å². The summed E-state index contributed by atoms with van der Waals surface area (Å²) < 4.78 is 11.4. The van der Waals surface area contributed by atoms with Crippen LogP contribution < -0.4 is 4.90 Å². The lowest BCUT2D eigenvalue weighted by Gasteiger charge is -2.32. The number of nitrogens with zero attached hydrogens (tertiary/aromatic N) is 1. The third-order valence-electron chi connectivity index (χ3n) is 3.43. The number of amides is 1. The Morgan fingerprint density at radius 2 is 2.05 bits per heavy atom. The van der Waals surface area contributed by atoms with Gasteiger partial charge in [-0.05, 0) is 18.6 Å². The first-order chi connectivity index (χ1) is 9.62. The second kappa shape index (κ2) is 5.04. The Morgan fingerprint density at radius 1 is 1.35 bits per heavy atom. The predicted molar refractivity (Wildman–Crippen MR) is 77.2 cm³/mol. The topological polar surface area (TPSA) is 38.8 Å². The van der Waals surface area contributed by atoms with Gasteiger partial charge in [0, 0.05) is 12.1 Å². The molecule has 1 saturated heterocycles. The van der Waals surface area contributed by atoms with Crippen LogP contribution in [0.2, 0.25) is 10.0 Å². The van der Waals surface area contributed by atoms with Gasteiger partial charge in [0.25, 0.3) is 11.7 Å². The SMILES string of the molecule is C=CCN1C(=O)C2(OCCCO2)c2ccc(Cl)c(Cl)c21. The number of rotatable bonds is 2. The summed E-state index contributed by atoms with van der Waals surface area (Å²) in [5, 5.41) is 0.717. The van der Waals surface area contributed by atoms with E-state index in [0.717, 1.165) is 6.42 Å². The lowest BCUT2D eigenvalue weighted by molar-refractivity contribution is -0.256. The van der Waals surface area contributed by atoms with E-state index in [-0.39, 0.29) is 5.91 Å². The molecule has 4 nitrogen and oxygen atoms in total. The van der Waals surface area contributed by atoms with Crippen molar-refractivity contribution in [3.8, 4) is 0 Å². The quantitative estimate of drug-likeness (QED) is 0.787. The van der Waals surface area contributed by atoms with Gasteiger partial charge in [-0.25, -0.2) is 0 Å². The molecule has 1 aromatic rings. The van der Waals surface area contributed by atoms with Gasteiger partial charge in [0.1, 0.15) is 0 Å². The van der Waals surface area contributed by atoms with E-state index in [1.807, 2.05) is 0 Å². The second-order valence-corrected chi connectivity index (χ2v) is 5.41. The average molecular weight is 314 g/mol. The highest BCUT2D eigenvalue weighted by Gasteiger charge is 2.55. The van der Waals surface area contributed by atoms with Crippen LogP contribution in [0.25, 0.3) is 0 Å². The standard InChI is InChI=1S/C14H13Cl2NO3/c1-2-6-17-12-9(4-5-10(15)11(12)16)14(13(17)18)19-7-3-8-20-14/h2,4-5H,1,3,6-8H2. The van der Waals surface area contributed by atoms with Gasteiger partial charge >= 0.3 is 0 Å². The molecule has 3 rings (SSSR count). The minimum Gasteiger partial charge on any atom is -0.338 e. The molecule has 20 heavy (non-hydrogen) atoms. The highest BCUT2D eigenvalue weighted by atomic mass is 35.5. The molecule has 0 aliphatic carbocycles. The van der Waals surface area contributed by atoms with Crippen LogP contribution in [0.1, 0.15) is 12.0 Å². The molecule has 0 N–H and O–H groups in total. The van der Waals surface area contributed by atoms with Crippen LogP contribution in [0.3, 0.4) is 0 Å². The van der Waals surface area contributed by atoms with Crippen molar-refractivity contribution in [2.45, 2.75) is 12.2 Å². The van der Waals surface area contributed by atoms with Gasteiger partial charge in [0.2, 0.25) is 0 Å². The second-order valence-electron chi connectivity index (χ2n) is 4.63. The van der Waals surface area contributed by atoms with Crippen LogP contribution in [0.15, 0.2) is 24.8 Å². The molecule has 1 amide bonds. The Labute approximate surface area is 126 Å². The zero-order valence-electron chi connectivity index (χ0n) is 10.7. The van der Waals surface area contributed by atoms with E-state index in [1.54, 1.807) is 18.2 Å². The van der Waals surface area contributed by atoms with Crippen molar-refractivity contribution in [1.29, 1.82) is 0 Å². The summed E-state index contributed by atoms with van der Waals surface area (Å²) in [5.41, 5.74) is 1.16. The van der Waals surface area contributed by atoms with Crippen LogP contribution in [0.5, 0.6) is 0 Å². The van der Waals surface area contributed by atoms with Gasteiger partial charge in [-0.3, -0.25) is 4.79 Å². The molecule has 0 aromatic heterocycles. The normalized spacial score (nSPS) is 20.3. The van der Waals surface area contributed by atoms with E-state index in [9.17, 15) is 4.79 Å². The maximum absolute atomic E-state index is 12.7. The first-order valence-corrected chi connectivity index (χ1v) is 7.06. The Hall–Kier alpha value is -1.07. The van der Waals surface area contributed by atoms with Gasteiger partial charge in [-0.1, -0.05) is 29.3 Å². The molecule has 1 aromatic carbocycles. The molecule has 1 spiro atoms. The molecule has 0 saturated carbocycles. The number of anilines is 1. The van der Waals surface area contributed by atoms with Gasteiger partial charge in [0.05, 0.1) is 28.9 Å². The molecule has 0 atom stereocenters. The van der Waals surface area contributed by atoms with Crippen molar-refractivity contribution in [2.75, 3.05) is 24.7 Å². The van der Waals surface area contributed by atoms with E-state index in [4.69, 9.17) is 32.7 Å². The van der Waals surface area contributed by atoms with Crippen molar-refractivity contribution in [2.24, 2.45) is 0 Å². The first kappa shape index (κ1) is 13.9. The number of ether oxygens (including phenoxy) is 2. The fourth-order valence-electron chi connectivity index (χ4n) is 2.58. The van der Waals surface area contributed by atoms with Crippen LogP contribution >= 0.6 is 23.2 Å². The number of carbonyl (C=O) groups is 1. The largest absolute Gasteiger partial charge is 0.338 e. The minimum atomic E-state index is -1.38. The van der Waals surface area contributed by atoms with Crippen LogP contribution in [0, 0.1) is 0 Å². The van der Waals surface area contributed by atoms with E-state index in [2.05, 4.69) is 6.58 Å². The summed E-state index contributed by atoms with van der Waals surface area (Å²) in [4.78, 5) is 14.2. The Morgan fingerprint density at radius 3 is 2.70 bits per heavy atom. The molecular formula is C14H13Cl2NO3. The fraction of sp³-hybridized carbons (Fsp3) is 0.357. The number of hydrogen-bond acceptors (Lipinski definition) is 3. The van der Waals surface area contributed by atoms with E-state index < -0.39 is 5.79 Å². The number of carbonyl (C=O) groups excluding carboxylic acids is 1. The zero-order valence-corrected chi connectivity index (χ0v) is 12.2. The smallest absolute Gasteiger partial charge is 0.292 e. The molecule has 0 bridgehead atoms. The Balaban J connectivity index is 2.20. The maximum atomic E-state index is 12.7. The van der Waals surface area contributed by atoms with E-state index >= 15 is 0 Å². The molecule has 0 unspecified atom stereocenters. The monoisotopic (exact) mass is 313 g/mol. The lowest BCUT2D eigenvalue weighted by Crippen LogP contribution is -2.47. The van der Waals surface area contributed by atoms with Crippen molar-refractivity contribution in [1.82, 2.24) is 0 Å². The zero-order chi connectivity index (χ0) is 14.3. The summed E-state index contributed by atoms with van der Waals surface area (Å²) in [6.07, 6.45) is 2.38. The number of hydrogen-bond donors (Lipinski definition) is 0. The van der Waals surface area contributed by atoms with Crippen LogP contribution in [-0.4, -0.2) is 25.7 Å². The number of fused-ring (bicyclic) bond motifs is 2. The maximum Gasteiger partial charge on any atom is 0.292 e.